The van der Waals surface area contributed by atoms with Crippen LogP contribution in [-0.2, 0) is 14.4 Å². The van der Waals surface area contributed by atoms with Crippen molar-refractivity contribution >= 4 is 56.8 Å². The van der Waals surface area contributed by atoms with Crippen LogP contribution in [-0.4, -0.2) is 44.1 Å². The van der Waals surface area contributed by atoms with Crippen molar-refractivity contribution in [1.82, 2.24) is 9.88 Å². The second-order valence-corrected chi connectivity index (χ2v) is 13.7. The summed E-state index contributed by atoms with van der Waals surface area (Å²) >= 11 is 6.44. The summed E-state index contributed by atoms with van der Waals surface area (Å²) in [5.74, 6) is -2.63. The molecular weight excluding hydrogens is 552 g/mol. The van der Waals surface area contributed by atoms with Crippen LogP contribution in [0.5, 0.6) is 0 Å². The Balaban J connectivity index is 1.42. The van der Waals surface area contributed by atoms with Gasteiger partial charge in [0.25, 0.3) is 0 Å². The van der Waals surface area contributed by atoms with Crippen molar-refractivity contribution < 1.29 is 19.5 Å². The highest BCUT2D eigenvalue weighted by Crippen LogP contribution is 2.68. The van der Waals surface area contributed by atoms with Crippen LogP contribution in [0.15, 0.2) is 38.6 Å². The van der Waals surface area contributed by atoms with E-state index in [-0.39, 0.29) is 57.9 Å². The first-order valence-electron chi connectivity index (χ1n) is 11.9. The van der Waals surface area contributed by atoms with Crippen LogP contribution < -0.4 is 4.87 Å². The number of aromatic nitrogens is 1. The molecule has 2 saturated carbocycles. The third kappa shape index (κ3) is 3.43. The molecular formula is C25H25BrN2O5S2. The minimum Gasteiger partial charge on any atom is -0.480 e. The Bertz CT molecular complexity index is 1300. The van der Waals surface area contributed by atoms with Gasteiger partial charge in [-0.1, -0.05) is 53.2 Å². The van der Waals surface area contributed by atoms with E-state index in [9.17, 15) is 24.3 Å². The number of carboxylic acid groups (broad SMARTS) is 1. The van der Waals surface area contributed by atoms with Crippen molar-refractivity contribution in [2.24, 2.45) is 35.5 Å². The van der Waals surface area contributed by atoms with Crippen molar-refractivity contribution in [3.05, 3.63) is 48.8 Å². The number of aliphatic carboxylic acids is 1. The fourth-order valence-corrected chi connectivity index (χ4v) is 10.5. The van der Waals surface area contributed by atoms with Gasteiger partial charge in [0, 0.05) is 20.5 Å². The summed E-state index contributed by atoms with van der Waals surface area (Å²) in [6.45, 7) is 3.80. The van der Waals surface area contributed by atoms with E-state index in [1.807, 2.05) is 26.0 Å². The molecule has 2 amide bonds. The molecule has 2 aliphatic heterocycles. The molecule has 1 aromatic heterocycles. The highest BCUT2D eigenvalue weighted by molar-refractivity contribution is 9.10. The number of rotatable bonds is 5. The molecule has 3 fully saturated rings. The molecule has 8 atom stereocenters. The number of hydrogen-bond acceptors (Lipinski definition) is 6. The number of carboxylic acids is 1. The molecule has 35 heavy (non-hydrogen) atoms. The quantitative estimate of drug-likeness (QED) is 0.517. The molecule has 2 N–H and O–H groups in total. The normalized spacial score (nSPS) is 33.7. The largest absolute Gasteiger partial charge is 0.480 e. The molecule has 4 aliphatic rings. The lowest BCUT2D eigenvalue weighted by Crippen LogP contribution is -2.47. The minimum absolute atomic E-state index is 0.0128. The second-order valence-electron chi connectivity index (χ2n) is 10.5. The monoisotopic (exact) mass is 576 g/mol. The topological polar surface area (TPSA) is 108 Å². The van der Waals surface area contributed by atoms with Gasteiger partial charge >= 0.3 is 10.8 Å². The lowest BCUT2D eigenvalue weighted by Gasteiger charge is -2.43. The summed E-state index contributed by atoms with van der Waals surface area (Å²) in [7, 11) is 0. The van der Waals surface area contributed by atoms with Crippen LogP contribution in [0.3, 0.4) is 0 Å². The number of imide groups is 1. The summed E-state index contributed by atoms with van der Waals surface area (Å²) in [4.78, 5) is 56.7. The van der Waals surface area contributed by atoms with Gasteiger partial charge in [-0.25, -0.2) is 4.79 Å². The Morgan fingerprint density at radius 2 is 1.91 bits per heavy atom. The standard InChI is InChI=1S/C25H25BrN2O5S2/c1-9(2)6-14(24(31)32)28-22(29)17-12-8-13(18(17)23(28)30)19-16(12)15(10-4-3-5-11(26)7-10)20-21(34-19)27-25(33)35-20/h3-5,7,9,12-19H,6,8H2,1-2H3,(H,27,33)(H,31,32). The maximum absolute atomic E-state index is 13.7. The number of nitrogens with one attached hydrogen (secondary N) is 1. The fourth-order valence-electron chi connectivity index (χ4n) is 7.18. The number of amides is 2. The maximum atomic E-state index is 13.7. The van der Waals surface area contributed by atoms with E-state index in [1.165, 1.54) is 11.3 Å². The van der Waals surface area contributed by atoms with Crippen LogP contribution in [0.25, 0.3) is 0 Å². The summed E-state index contributed by atoms with van der Waals surface area (Å²) in [5, 5.41) is 10.8. The number of likely N-dealkylation sites (tertiary alicyclic amines) is 1. The Morgan fingerprint density at radius 3 is 2.57 bits per heavy atom. The number of aromatic amines is 1. The molecule has 1 aromatic carbocycles. The van der Waals surface area contributed by atoms with Crippen molar-refractivity contribution in [2.45, 2.75) is 48.9 Å². The van der Waals surface area contributed by atoms with Crippen LogP contribution in [0.1, 0.15) is 43.0 Å². The van der Waals surface area contributed by atoms with Gasteiger partial charge in [0.05, 0.1) is 16.9 Å². The van der Waals surface area contributed by atoms with E-state index in [0.29, 0.717) is 0 Å². The van der Waals surface area contributed by atoms with Crippen LogP contribution in [0, 0.1) is 35.5 Å². The van der Waals surface area contributed by atoms with Crippen molar-refractivity contribution in [2.75, 3.05) is 0 Å². The third-order valence-electron chi connectivity index (χ3n) is 8.26. The van der Waals surface area contributed by atoms with Gasteiger partial charge in [-0.05, 0) is 54.2 Å². The number of nitrogens with zero attached hydrogens (tertiary/aromatic N) is 1. The van der Waals surface area contributed by atoms with E-state index in [2.05, 4.69) is 33.0 Å². The van der Waals surface area contributed by atoms with Gasteiger partial charge < -0.3 is 10.1 Å². The van der Waals surface area contributed by atoms with Crippen LogP contribution in [0.4, 0.5) is 0 Å². The Kier molecular flexibility index (Phi) is 5.58. The molecule has 3 heterocycles. The fraction of sp³-hybridized carbons (Fsp3) is 0.520. The van der Waals surface area contributed by atoms with Gasteiger partial charge in [-0.15, -0.1) is 11.8 Å². The van der Waals surface area contributed by atoms with E-state index < -0.39 is 23.8 Å². The number of H-pyrrole nitrogens is 1. The first-order valence-corrected chi connectivity index (χ1v) is 14.4. The number of benzene rings is 1. The summed E-state index contributed by atoms with van der Waals surface area (Å²) in [6.07, 6.45) is 1.04. The summed E-state index contributed by atoms with van der Waals surface area (Å²) in [6, 6.07) is 6.97. The molecule has 184 valence electrons. The minimum atomic E-state index is -1.12. The van der Waals surface area contributed by atoms with Crippen LogP contribution in [0.2, 0.25) is 0 Å². The van der Waals surface area contributed by atoms with E-state index in [4.69, 9.17) is 0 Å². The molecule has 0 radical (unpaired) electrons. The lowest BCUT2D eigenvalue weighted by atomic mass is 9.68. The summed E-state index contributed by atoms with van der Waals surface area (Å²) in [5.41, 5.74) is 1.09. The van der Waals surface area contributed by atoms with Crippen molar-refractivity contribution in [3.63, 3.8) is 0 Å². The predicted octanol–water partition coefficient (Wildman–Crippen LogP) is 4.17. The third-order valence-corrected chi connectivity index (χ3v) is 11.3. The van der Waals surface area contributed by atoms with Crippen molar-refractivity contribution in [1.29, 1.82) is 0 Å². The molecule has 7 nitrogen and oxygen atoms in total. The molecule has 2 aliphatic carbocycles. The highest BCUT2D eigenvalue weighted by Gasteiger charge is 2.70. The van der Waals surface area contributed by atoms with Crippen LogP contribution >= 0.6 is 39.0 Å². The number of halogens is 1. The highest BCUT2D eigenvalue weighted by atomic mass is 79.9. The first kappa shape index (κ1) is 23.5. The van der Waals surface area contributed by atoms with Gasteiger partial charge in [0.15, 0.2) is 0 Å². The Hall–Kier alpha value is -1.91. The predicted molar refractivity (Wildman–Crippen MR) is 135 cm³/mol. The molecule has 2 aromatic rings. The van der Waals surface area contributed by atoms with Gasteiger partial charge in [-0.3, -0.25) is 19.3 Å². The van der Waals surface area contributed by atoms with Gasteiger partial charge in [0.1, 0.15) is 6.04 Å². The Morgan fingerprint density at radius 1 is 1.20 bits per heavy atom. The zero-order valence-corrected chi connectivity index (χ0v) is 22.4. The number of hydrogen-bond donors (Lipinski definition) is 2. The smallest absolute Gasteiger partial charge is 0.326 e. The van der Waals surface area contributed by atoms with E-state index >= 15 is 0 Å². The van der Waals surface area contributed by atoms with Gasteiger partial charge in [-0.2, -0.15) is 0 Å². The number of thioether (sulfide) groups is 1. The average Bonchev–Trinajstić information content (AvgIpc) is 3.51. The number of carbonyl (C=O) groups excluding carboxylic acids is 2. The zero-order chi connectivity index (χ0) is 24.8. The summed E-state index contributed by atoms with van der Waals surface area (Å²) < 4.78 is 0.950. The van der Waals surface area contributed by atoms with Crippen molar-refractivity contribution in [3.8, 4) is 0 Å². The first-order chi connectivity index (χ1) is 16.7. The number of carbonyl (C=O) groups is 3. The SMILES string of the molecule is CC(C)CC(C(=O)O)N1C(=O)C2C3CC(C2C1=O)C1C(c2cccc(Br)c2)c2sc(=O)[nH]c2SC31. The molecule has 1 saturated heterocycles. The zero-order valence-electron chi connectivity index (χ0n) is 19.1. The molecule has 10 heteroatoms. The number of fused-ring (bicyclic) bond motifs is 9. The maximum Gasteiger partial charge on any atom is 0.326 e. The Labute approximate surface area is 218 Å². The van der Waals surface area contributed by atoms with E-state index in [1.54, 1.807) is 11.8 Å². The molecule has 6 rings (SSSR count). The second kappa shape index (κ2) is 8.31. The molecule has 2 bridgehead atoms. The average molecular weight is 578 g/mol. The molecule has 8 unspecified atom stereocenters. The van der Waals surface area contributed by atoms with Gasteiger partial charge in [0.2, 0.25) is 11.8 Å². The lowest BCUT2D eigenvalue weighted by molar-refractivity contribution is -0.156. The number of thiazole rings is 1. The van der Waals surface area contributed by atoms with E-state index in [0.717, 1.165) is 31.3 Å². The molecule has 0 spiro atoms.